The predicted octanol–water partition coefficient (Wildman–Crippen LogP) is 3.53. The molecule has 2 aromatic carbocycles. The maximum atomic E-state index is 12.4. The number of hydrogen-bond acceptors (Lipinski definition) is 3. The number of aryl methyl sites for hydroxylation is 3. The van der Waals surface area contributed by atoms with E-state index in [1.807, 2.05) is 25.1 Å². The summed E-state index contributed by atoms with van der Waals surface area (Å²) in [6.45, 7) is 2.04. The van der Waals surface area contributed by atoms with E-state index in [1.165, 1.54) is 5.56 Å². The number of amides is 1. The molecule has 1 heterocycles. The lowest BCUT2D eigenvalue weighted by atomic mass is 10.1. The molecule has 0 saturated carbocycles. The van der Waals surface area contributed by atoms with E-state index < -0.39 is 0 Å². The van der Waals surface area contributed by atoms with Crippen LogP contribution in [0.3, 0.4) is 0 Å². The number of nitrogens with zero attached hydrogens (tertiary/aromatic N) is 2. The van der Waals surface area contributed by atoms with Crippen LogP contribution in [0.25, 0.3) is 0 Å². The van der Waals surface area contributed by atoms with Crippen molar-refractivity contribution in [1.82, 2.24) is 9.55 Å². The highest BCUT2D eigenvalue weighted by molar-refractivity contribution is 6.07. The molecule has 0 bridgehead atoms. The van der Waals surface area contributed by atoms with Gasteiger partial charge in [0.1, 0.15) is 0 Å². The van der Waals surface area contributed by atoms with Crippen LogP contribution in [0.4, 0.5) is 5.69 Å². The Bertz CT molecular complexity index is 926. The maximum absolute atomic E-state index is 12.4. The molecule has 26 heavy (non-hydrogen) atoms. The van der Waals surface area contributed by atoms with E-state index in [4.69, 9.17) is 0 Å². The van der Waals surface area contributed by atoms with Gasteiger partial charge in [-0.15, -0.1) is 0 Å². The molecule has 3 rings (SSSR count). The van der Waals surface area contributed by atoms with Gasteiger partial charge >= 0.3 is 0 Å². The van der Waals surface area contributed by atoms with Crippen LogP contribution in [0.15, 0.2) is 60.9 Å². The molecule has 0 aliphatic heterocycles. The number of carbonyl (C=O) groups excluding carboxylic acids is 2. The minimum atomic E-state index is -0.144. The highest BCUT2D eigenvalue weighted by atomic mass is 16.1. The number of anilines is 1. The van der Waals surface area contributed by atoms with Gasteiger partial charge < -0.3 is 9.88 Å². The zero-order valence-corrected chi connectivity index (χ0v) is 14.9. The van der Waals surface area contributed by atoms with Gasteiger partial charge in [-0.2, -0.15) is 0 Å². The maximum Gasteiger partial charge on any atom is 0.228 e. The lowest BCUT2D eigenvalue weighted by Gasteiger charge is -2.07. The van der Waals surface area contributed by atoms with Crippen molar-refractivity contribution < 1.29 is 9.59 Å². The number of aromatic nitrogens is 2. The molecule has 1 amide bonds. The van der Waals surface area contributed by atoms with Crippen LogP contribution in [0.1, 0.15) is 33.7 Å². The Hall–Kier alpha value is -3.21. The van der Waals surface area contributed by atoms with E-state index in [0.29, 0.717) is 29.9 Å². The van der Waals surface area contributed by atoms with Crippen molar-refractivity contribution in [3.63, 3.8) is 0 Å². The van der Waals surface area contributed by atoms with Crippen molar-refractivity contribution >= 4 is 17.4 Å². The molecule has 1 aromatic heterocycles. The summed E-state index contributed by atoms with van der Waals surface area (Å²) in [5, 5.41) is 2.87. The van der Waals surface area contributed by atoms with Crippen LogP contribution < -0.4 is 5.32 Å². The van der Waals surface area contributed by atoms with Gasteiger partial charge in [-0.1, -0.05) is 29.8 Å². The Labute approximate surface area is 152 Å². The van der Waals surface area contributed by atoms with Crippen molar-refractivity contribution in [2.45, 2.75) is 19.8 Å². The molecule has 0 fully saturated rings. The molecule has 5 heteroatoms. The lowest BCUT2D eigenvalue weighted by molar-refractivity contribution is -0.116. The summed E-state index contributed by atoms with van der Waals surface area (Å²) in [5.74, 6) is 0.199. The van der Waals surface area contributed by atoms with Gasteiger partial charge in [0.15, 0.2) is 5.82 Å². The van der Waals surface area contributed by atoms with Crippen molar-refractivity contribution in [3.8, 4) is 0 Å². The predicted molar refractivity (Wildman–Crippen MR) is 101 cm³/mol. The van der Waals surface area contributed by atoms with E-state index >= 15 is 0 Å². The van der Waals surface area contributed by atoms with Gasteiger partial charge in [0.2, 0.25) is 11.7 Å². The molecule has 0 unspecified atom stereocenters. The van der Waals surface area contributed by atoms with Crippen LogP contribution >= 0.6 is 0 Å². The van der Waals surface area contributed by atoms with Gasteiger partial charge in [0, 0.05) is 37.1 Å². The summed E-state index contributed by atoms with van der Waals surface area (Å²) in [5.41, 5.74) is 3.56. The number of ketones is 1. The summed E-state index contributed by atoms with van der Waals surface area (Å²) in [4.78, 5) is 28.6. The highest BCUT2D eigenvalue weighted by Crippen LogP contribution is 2.14. The Morgan fingerprint density at radius 1 is 1.12 bits per heavy atom. The molecule has 0 spiro atoms. The molecule has 0 saturated heterocycles. The summed E-state index contributed by atoms with van der Waals surface area (Å²) < 4.78 is 1.68. The second kappa shape index (κ2) is 7.78. The van der Waals surface area contributed by atoms with Gasteiger partial charge in [-0.25, -0.2) is 4.98 Å². The first-order chi connectivity index (χ1) is 12.5. The van der Waals surface area contributed by atoms with E-state index in [2.05, 4.69) is 16.4 Å². The Morgan fingerprint density at radius 2 is 1.88 bits per heavy atom. The van der Waals surface area contributed by atoms with Crippen LogP contribution in [-0.2, 0) is 18.3 Å². The lowest BCUT2D eigenvalue weighted by Crippen LogP contribution is -2.13. The summed E-state index contributed by atoms with van der Waals surface area (Å²) in [6, 6.07) is 15.0. The van der Waals surface area contributed by atoms with Crippen LogP contribution in [-0.4, -0.2) is 21.2 Å². The molecular weight excluding hydrogens is 326 g/mol. The first-order valence-corrected chi connectivity index (χ1v) is 8.50. The number of benzene rings is 2. The fraction of sp³-hybridized carbons (Fsp3) is 0.190. The molecule has 132 valence electrons. The third-order valence-corrected chi connectivity index (χ3v) is 4.18. The van der Waals surface area contributed by atoms with Gasteiger partial charge in [-0.05, 0) is 43.2 Å². The van der Waals surface area contributed by atoms with Crippen molar-refractivity contribution in [2.24, 2.45) is 7.05 Å². The summed E-state index contributed by atoms with van der Waals surface area (Å²) >= 11 is 0. The third kappa shape index (κ3) is 4.25. The first-order valence-electron chi connectivity index (χ1n) is 8.50. The molecule has 0 radical (unpaired) electrons. The van der Waals surface area contributed by atoms with Crippen molar-refractivity contribution in [3.05, 3.63) is 83.4 Å². The van der Waals surface area contributed by atoms with Crippen molar-refractivity contribution in [1.29, 1.82) is 0 Å². The number of hydrogen-bond donors (Lipinski definition) is 1. The number of nitrogens with one attached hydrogen (secondary N) is 1. The van der Waals surface area contributed by atoms with E-state index in [1.54, 1.807) is 48.3 Å². The average molecular weight is 347 g/mol. The van der Waals surface area contributed by atoms with Gasteiger partial charge in [0.25, 0.3) is 0 Å². The number of carbonyl (C=O) groups is 2. The quantitative estimate of drug-likeness (QED) is 0.694. The summed E-state index contributed by atoms with van der Waals surface area (Å²) in [6.07, 6.45) is 4.44. The Balaban J connectivity index is 1.58. The molecule has 5 nitrogen and oxygen atoms in total. The molecule has 0 atom stereocenters. The zero-order chi connectivity index (χ0) is 18.5. The first kappa shape index (κ1) is 17.6. The molecule has 0 aliphatic rings. The second-order valence-electron chi connectivity index (χ2n) is 6.31. The number of rotatable bonds is 6. The molecular formula is C21H21N3O2. The molecule has 0 aliphatic carbocycles. The van der Waals surface area contributed by atoms with Crippen molar-refractivity contribution in [2.75, 3.05) is 5.32 Å². The number of imidazole rings is 1. The fourth-order valence-corrected chi connectivity index (χ4v) is 2.77. The summed E-state index contributed by atoms with van der Waals surface area (Å²) in [7, 11) is 1.78. The minimum absolute atomic E-state index is 0.0466. The standard InChI is InChI=1S/C21H21N3O2/c1-15-4-3-5-16(14-15)6-11-19(25)23-18-9-7-17(8-10-18)20(26)21-22-12-13-24(21)2/h3-5,7-10,12-14H,6,11H2,1-2H3,(H,23,25). The topological polar surface area (TPSA) is 64.0 Å². The average Bonchev–Trinajstić information content (AvgIpc) is 3.06. The SMILES string of the molecule is Cc1cccc(CCC(=O)Nc2ccc(C(=O)c3nccn3C)cc2)c1. The Kier molecular flexibility index (Phi) is 5.27. The zero-order valence-electron chi connectivity index (χ0n) is 14.9. The monoisotopic (exact) mass is 347 g/mol. The largest absolute Gasteiger partial charge is 0.331 e. The normalized spacial score (nSPS) is 10.5. The van der Waals surface area contributed by atoms with E-state index in [-0.39, 0.29) is 11.7 Å². The van der Waals surface area contributed by atoms with Crippen LogP contribution in [0.5, 0.6) is 0 Å². The van der Waals surface area contributed by atoms with E-state index in [0.717, 1.165) is 5.56 Å². The third-order valence-electron chi connectivity index (χ3n) is 4.18. The van der Waals surface area contributed by atoms with Crippen LogP contribution in [0.2, 0.25) is 0 Å². The van der Waals surface area contributed by atoms with Crippen LogP contribution in [0, 0.1) is 6.92 Å². The van der Waals surface area contributed by atoms with Gasteiger partial charge in [0.05, 0.1) is 0 Å². The fourth-order valence-electron chi connectivity index (χ4n) is 2.77. The second-order valence-corrected chi connectivity index (χ2v) is 6.31. The van der Waals surface area contributed by atoms with E-state index in [9.17, 15) is 9.59 Å². The molecule has 3 aromatic rings. The highest BCUT2D eigenvalue weighted by Gasteiger charge is 2.13. The van der Waals surface area contributed by atoms with Gasteiger partial charge in [-0.3, -0.25) is 9.59 Å². The Morgan fingerprint density at radius 3 is 2.54 bits per heavy atom. The molecule has 1 N–H and O–H groups in total. The minimum Gasteiger partial charge on any atom is -0.331 e. The smallest absolute Gasteiger partial charge is 0.228 e.